The summed E-state index contributed by atoms with van der Waals surface area (Å²) in [5, 5.41) is 2.63. The van der Waals surface area contributed by atoms with Crippen LogP contribution in [0.5, 0.6) is 17.2 Å². The molecule has 1 saturated heterocycles. The normalized spacial score (nSPS) is 15.4. The smallest absolute Gasteiger partial charge is 0.311 e. The van der Waals surface area contributed by atoms with Crippen LogP contribution in [0.4, 0.5) is 11.4 Å². The summed E-state index contributed by atoms with van der Waals surface area (Å²) in [4.78, 5) is 38.5. The number of benzene rings is 2. The Labute approximate surface area is 179 Å². The molecule has 164 valence electrons. The number of nitrogens with one attached hydrogen (secondary N) is 1. The van der Waals surface area contributed by atoms with Crippen LogP contribution in [0.25, 0.3) is 0 Å². The number of carbonyl (C=O) groups excluding carboxylic acids is 3. The highest BCUT2D eigenvalue weighted by Gasteiger charge is 2.36. The maximum Gasteiger partial charge on any atom is 0.311 e. The average molecular weight is 428 g/mol. The minimum absolute atomic E-state index is 0.0240. The van der Waals surface area contributed by atoms with E-state index in [0.29, 0.717) is 28.6 Å². The van der Waals surface area contributed by atoms with Crippen LogP contribution in [0, 0.1) is 5.92 Å². The molecule has 1 N–H and O–H groups in total. The van der Waals surface area contributed by atoms with Crippen LogP contribution in [0.1, 0.15) is 6.42 Å². The Morgan fingerprint density at radius 3 is 2.32 bits per heavy atom. The number of rotatable bonds is 8. The Morgan fingerprint density at radius 1 is 1.00 bits per heavy atom. The van der Waals surface area contributed by atoms with Crippen molar-refractivity contribution in [2.75, 3.05) is 44.7 Å². The van der Waals surface area contributed by atoms with Gasteiger partial charge in [-0.25, -0.2) is 0 Å². The lowest BCUT2D eigenvalue weighted by Crippen LogP contribution is -2.28. The molecule has 0 bridgehead atoms. The van der Waals surface area contributed by atoms with Crippen LogP contribution in [0.3, 0.4) is 0 Å². The summed E-state index contributed by atoms with van der Waals surface area (Å²) in [5.74, 6) is -0.307. The van der Waals surface area contributed by atoms with E-state index in [1.807, 2.05) is 0 Å². The van der Waals surface area contributed by atoms with Gasteiger partial charge in [0.15, 0.2) is 6.61 Å². The summed E-state index contributed by atoms with van der Waals surface area (Å²) in [6.45, 7) is -0.290. The largest absolute Gasteiger partial charge is 0.497 e. The first-order chi connectivity index (χ1) is 14.9. The van der Waals surface area contributed by atoms with Crippen molar-refractivity contribution in [3.63, 3.8) is 0 Å². The first-order valence-electron chi connectivity index (χ1n) is 9.58. The van der Waals surface area contributed by atoms with E-state index < -0.39 is 24.4 Å². The molecule has 0 aliphatic carbocycles. The first-order valence-corrected chi connectivity index (χ1v) is 9.58. The number of hydrogen-bond donors (Lipinski definition) is 1. The highest BCUT2D eigenvalue weighted by molar-refractivity contribution is 6.00. The molecule has 2 aromatic carbocycles. The van der Waals surface area contributed by atoms with E-state index in [1.54, 1.807) is 49.6 Å². The average Bonchev–Trinajstić information content (AvgIpc) is 3.19. The zero-order chi connectivity index (χ0) is 22.4. The van der Waals surface area contributed by atoms with Crippen LogP contribution in [0.2, 0.25) is 0 Å². The second-order valence-electron chi connectivity index (χ2n) is 6.83. The molecule has 9 nitrogen and oxygen atoms in total. The van der Waals surface area contributed by atoms with Gasteiger partial charge in [0.2, 0.25) is 5.91 Å². The number of esters is 1. The Balaban J connectivity index is 1.55. The van der Waals surface area contributed by atoms with Gasteiger partial charge in [-0.15, -0.1) is 0 Å². The fraction of sp³-hybridized carbons (Fsp3) is 0.318. The molecule has 1 fully saturated rings. The van der Waals surface area contributed by atoms with Crippen LogP contribution in [-0.4, -0.2) is 52.3 Å². The Kier molecular flexibility index (Phi) is 6.96. The molecule has 0 spiro atoms. The van der Waals surface area contributed by atoms with Gasteiger partial charge in [-0.3, -0.25) is 14.4 Å². The summed E-state index contributed by atoms with van der Waals surface area (Å²) in [7, 11) is 4.54. The summed E-state index contributed by atoms with van der Waals surface area (Å²) >= 11 is 0. The summed E-state index contributed by atoms with van der Waals surface area (Å²) < 4.78 is 20.6. The molecule has 31 heavy (non-hydrogen) atoms. The van der Waals surface area contributed by atoms with Gasteiger partial charge in [0.05, 0.1) is 32.9 Å². The standard InChI is InChI=1S/C22H24N2O7/c1-28-16-6-4-15(5-7-16)24-12-14(10-21(24)26)22(27)31-13-20(25)23-18-11-17(29-2)8-9-19(18)30-3/h4-9,11,14H,10,12-13H2,1-3H3,(H,23,25)/t14-/m0/s1. The second-order valence-corrected chi connectivity index (χ2v) is 6.83. The molecule has 0 radical (unpaired) electrons. The number of ether oxygens (including phenoxy) is 4. The number of anilines is 2. The van der Waals surface area contributed by atoms with Crippen molar-refractivity contribution < 1.29 is 33.3 Å². The van der Waals surface area contributed by atoms with E-state index >= 15 is 0 Å². The third-order valence-electron chi connectivity index (χ3n) is 4.87. The number of hydrogen-bond acceptors (Lipinski definition) is 7. The lowest BCUT2D eigenvalue weighted by Gasteiger charge is -2.17. The van der Waals surface area contributed by atoms with Gasteiger partial charge in [0.1, 0.15) is 17.2 Å². The topological polar surface area (TPSA) is 103 Å². The minimum Gasteiger partial charge on any atom is -0.497 e. The fourth-order valence-electron chi connectivity index (χ4n) is 3.23. The number of carbonyl (C=O) groups is 3. The van der Waals surface area contributed by atoms with Crippen molar-refractivity contribution in [3.05, 3.63) is 42.5 Å². The first kappa shape index (κ1) is 21.9. The van der Waals surface area contributed by atoms with Gasteiger partial charge in [-0.05, 0) is 36.4 Å². The van der Waals surface area contributed by atoms with Crippen molar-refractivity contribution in [1.82, 2.24) is 0 Å². The van der Waals surface area contributed by atoms with Crippen molar-refractivity contribution in [3.8, 4) is 17.2 Å². The SMILES string of the molecule is COc1ccc(N2C[C@@H](C(=O)OCC(=O)Nc3cc(OC)ccc3OC)CC2=O)cc1. The van der Waals surface area contributed by atoms with Crippen molar-refractivity contribution in [2.45, 2.75) is 6.42 Å². The Hall–Kier alpha value is -3.75. The highest BCUT2D eigenvalue weighted by Crippen LogP contribution is 2.29. The van der Waals surface area contributed by atoms with Gasteiger partial charge < -0.3 is 29.2 Å². The van der Waals surface area contributed by atoms with Gasteiger partial charge in [0.25, 0.3) is 5.91 Å². The molecular formula is C22H24N2O7. The zero-order valence-corrected chi connectivity index (χ0v) is 17.5. The van der Waals surface area contributed by atoms with E-state index in [0.717, 1.165) is 0 Å². The quantitative estimate of drug-likeness (QED) is 0.643. The molecular weight excluding hydrogens is 404 g/mol. The predicted molar refractivity (Wildman–Crippen MR) is 113 cm³/mol. The summed E-state index contributed by atoms with van der Waals surface area (Å²) in [6, 6.07) is 11.9. The van der Waals surface area contributed by atoms with E-state index in [-0.39, 0.29) is 18.9 Å². The van der Waals surface area contributed by atoms with Gasteiger partial charge >= 0.3 is 5.97 Å². The second kappa shape index (κ2) is 9.84. The summed E-state index contributed by atoms with van der Waals surface area (Å²) in [5.41, 5.74) is 1.06. The number of nitrogens with zero attached hydrogens (tertiary/aromatic N) is 1. The van der Waals surface area contributed by atoms with Crippen molar-refractivity contribution in [1.29, 1.82) is 0 Å². The predicted octanol–water partition coefficient (Wildman–Crippen LogP) is 2.25. The van der Waals surface area contributed by atoms with Crippen LogP contribution >= 0.6 is 0 Å². The maximum atomic E-state index is 12.4. The van der Waals surface area contributed by atoms with Crippen molar-refractivity contribution in [2.24, 2.45) is 5.92 Å². The van der Waals surface area contributed by atoms with E-state index in [4.69, 9.17) is 18.9 Å². The van der Waals surface area contributed by atoms with Crippen LogP contribution < -0.4 is 24.4 Å². The maximum absolute atomic E-state index is 12.4. The third kappa shape index (κ3) is 5.25. The lowest BCUT2D eigenvalue weighted by molar-refractivity contribution is -0.151. The molecule has 1 aliphatic rings. The van der Waals surface area contributed by atoms with E-state index in [2.05, 4.69) is 5.32 Å². The number of methoxy groups -OCH3 is 3. The van der Waals surface area contributed by atoms with Crippen LogP contribution in [0.15, 0.2) is 42.5 Å². The lowest BCUT2D eigenvalue weighted by atomic mass is 10.1. The highest BCUT2D eigenvalue weighted by atomic mass is 16.5. The van der Waals surface area contributed by atoms with Gasteiger partial charge in [-0.1, -0.05) is 0 Å². The van der Waals surface area contributed by atoms with Crippen molar-refractivity contribution >= 4 is 29.2 Å². The van der Waals surface area contributed by atoms with E-state index in [9.17, 15) is 14.4 Å². The number of amides is 2. The van der Waals surface area contributed by atoms with E-state index in [1.165, 1.54) is 19.1 Å². The molecule has 0 aromatic heterocycles. The molecule has 1 atom stereocenters. The molecule has 1 heterocycles. The van der Waals surface area contributed by atoms with Gasteiger partial charge in [-0.2, -0.15) is 0 Å². The van der Waals surface area contributed by atoms with Gasteiger partial charge in [0, 0.05) is 24.7 Å². The minimum atomic E-state index is -0.645. The molecule has 3 rings (SSSR count). The fourth-order valence-corrected chi connectivity index (χ4v) is 3.23. The molecule has 0 unspecified atom stereocenters. The zero-order valence-electron chi connectivity index (χ0n) is 17.5. The molecule has 0 saturated carbocycles. The molecule has 2 aromatic rings. The third-order valence-corrected chi connectivity index (χ3v) is 4.87. The Morgan fingerprint density at radius 2 is 1.68 bits per heavy atom. The molecule has 9 heteroatoms. The monoisotopic (exact) mass is 428 g/mol. The summed E-state index contributed by atoms with van der Waals surface area (Å²) in [6.07, 6.45) is 0.0240. The Bertz CT molecular complexity index is 959. The molecule has 1 aliphatic heterocycles. The van der Waals surface area contributed by atoms with Crippen LogP contribution in [-0.2, 0) is 19.1 Å². The molecule has 2 amide bonds.